The molecule has 0 amide bonds. The predicted molar refractivity (Wildman–Crippen MR) is 111 cm³/mol. The maximum Gasteiger partial charge on any atom is 0.335 e. The third-order valence-corrected chi connectivity index (χ3v) is 4.01. The van der Waals surface area contributed by atoms with Gasteiger partial charge in [-0.05, 0) is 34.7 Å². The summed E-state index contributed by atoms with van der Waals surface area (Å²) in [4.78, 5) is 22.8. The minimum absolute atomic E-state index is 0.459. The smallest absolute Gasteiger partial charge is 0.335 e. The summed E-state index contributed by atoms with van der Waals surface area (Å²) in [7, 11) is 0. The number of hydrogen-bond donors (Lipinski definition) is 0. The Kier molecular flexibility index (Phi) is 5.82. The molecule has 3 rings (SSSR count). The second-order valence-electron chi connectivity index (χ2n) is 5.85. The van der Waals surface area contributed by atoms with E-state index < -0.39 is 11.9 Å². The van der Waals surface area contributed by atoms with Crippen molar-refractivity contribution in [2.75, 3.05) is 0 Å². The molecule has 0 spiro atoms. The van der Waals surface area contributed by atoms with E-state index in [1.807, 2.05) is 54.6 Å². The van der Waals surface area contributed by atoms with Crippen molar-refractivity contribution in [1.29, 1.82) is 0 Å². The van der Waals surface area contributed by atoms with Crippen LogP contribution in [0.15, 0.2) is 86.0 Å². The first-order valence-corrected chi connectivity index (χ1v) is 8.59. The lowest BCUT2D eigenvalue weighted by Gasteiger charge is -2.08. The van der Waals surface area contributed by atoms with Crippen LogP contribution in [-0.2, 0) is 9.59 Å². The van der Waals surface area contributed by atoms with Crippen molar-refractivity contribution < 1.29 is 19.1 Å². The van der Waals surface area contributed by atoms with Crippen molar-refractivity contribution in [1.82, 2.24) is 0 Å². The van der Waals surface area contributed by atoms with Gasteiger partial charge < -0.3 is 9.47 Å². The number of esters is 2. The van der Waals surface area contributed by atoms with E-state index in [0.717, 1.165) is 34.1 Å². The second-order valence-corrected chi connectivity index (χ2v) is 5.85. The van der Waals surface area contributed by atoms with Gasteiger partial charge in [-0.15, -0.1) is 0 Å². The Bertz CT molecular complexity index is 1080. The molecule has 28 heavy (non-hydrogen) atoms. The van der Waals surface area contributed by atoms with Crippen molar-refractivity contribution in [3.8, 4) is 11.5 Å². The highest BCUT2D eigenvalue weighted by molar-refractivity contribution is 5.98. The highest BCUT2D eigenvalue weighted by Gasteiger charge is 2.07. The van der Waals surface area contributed by atoms with Crippen molar-refractivity contribution in [3.63, 3.8) is 0 Å². The van der Waals surface area contributed by atoms with E-state index in [-0.39, 0.29) is 0 Å². The summed E-state index contributed by atoms with van der Waals surface area (Å²) in [6.45, 7) is 6.80. The SMILES string of the molecule is C=CC(=O)Oc1ccc(C=Cc2cccc3c(OC(=O)C=C)cccc23)cc1. The molecule has 0 saturated heterocycles. The van der Waals surface area contributed by atoms with E-state index >= 15 is 0 Å². The van der Waals surface area contributed by atoms with Crippen molar-refractivity contribution in [2.45, 2.75) is 0 Å². The van der Waals surface area contributed by atoms with Crippen LogP contribution in [0.3, 0.4) is 0 Å². The molecule has 4 nitrogen and oxygen atoms in total. The predicted octanol–water partition coefficient (Wildman–Crippen LogP) is 5.19. The van der Waals surface area contributed by atoms with Crippen LogP contribution in [0.4, 0.5) is 0 Å². The summed E-state index contributed by atoms with van der Waals surface area (Å²) in [5.41, 5.74) is 1.93. The number of fused-ring (bicyclic) bond motifs is 1. The van der Waals surface area contributed by atoms with Crippen LogP contribution in [0.5, 0.6) is 11.5 Å². The molecule has 0 N–H and O–H groups in total. The number of carbonyl (C=O) groups is 2. The van der Waals surface area contributed by atoms with E-state index in [4.69, 9.17) is 9.47 Å². The normalized spacial score (nSPS) is 10.6. The summed E-state index contributed by atoms with van der Waals surface area (Å²) < 4.78 is 10.4. The van der Waals surface area contributed by atoms with Gasteiger partial charge >= 0.3 is 11.9 Å². The Balaban J connectivity index is 1.87. The fraction of sp³-hybridized carbons (Fsp3) is 0. The first-order valence-electron chi connectivity index (χ1n) is 8.59. The summed E-state index contributed by atoms with van der Waals surface area (Å²) in [5.74, 6) is -0.0374. The first kappa shape index (κ1) is 18.9. The average molecular weight is 370 g/mol. The van der Waals surface area contributed by atoms with Gasteiger partial charge in [0.15, 0.2) is 0 Å². The molecule has 0 heterocycles. The highest BCUT2D eigenvalue weighted by Crippen LogP contribution is 2.29. The van der Waals surface area contributed by atoms with Crippen molar-refractivity contribution in [3.05, 3.63) is 97.1 Å². The van der Waals surface area contributed by atoms with Gasteiger partial charge in [0.2, 0.25) is 0 Å². The van der Waals surface area contributed by atoms with Gasteiger partial charge in [-0.3, -0.25) is 0 Å². The molecular formula is C24H18O4. The molecule has 0 aliphatic heterocycles. The Hall–Kier alpha value is -3.92. The molecule has 0 aromatic heterocycles. The molecule has 0 bridgehead atoms. The molecule has 0 aliphatic rings. The highest BCUT2D eigenvalue weighted by atomic mass is 16.5. The van der Waals surface area contributed by atoms with Crippen LogP contribution in [0, 0.1) is 0 Å². The molecule has 0 radical (unpaired) electrons. The topological polar surface area (TPSA) is 52.6 Å². The van der Waals surface area contributed by atoms with Crippen LogP contribution in [0.2, 0.25) is 0 Å². The lowest BCUT2D eigenvalue weighted by molar-refractivity contribution is -0.129. The average Bonchev–Trinajstić information content (AvgIpc) is 2.73. The van der Waals surface area contributed by atoms with Gasteiger partial charge in [-0.1, -0.05) is 67.8 Å². The molecular weight excluding hydrogens is 352 g/mol. The van der Waals surface area contributed by atoms with Crippen LogP contribution in [0.1, 0.15) is 11.1 Å². The minimum Gasteiger partial charge on any atom is -0.423 e. The third kappa shape index (κ3) is 4.43. The van der Waals surface area contributed by atoms with Crippen molar-refractivity contribution in [2.24, 2.45) is 0 Å². The maximum absolute atomic E-state index is 11.5. The van der Waals surface area contributed by atoms with Gasteiger partial charge in [0.05, 0.1) is 0 Å². The monoisotopic (exact) mass is 370 g/mol. The van der Waals surface area contributed by atoms with Gasteiger partial charge in [0.25, 0.3) is 0 Å². The largest absolute Gasteiger partial charge is 0.423 e. The molecule has 0 atom stereocenters. The molecule has 4 heteroatoms. The van der Waals surface area contributed by atoms with E-state index in [1.165, 1.54) is 0 Å². The zero-order valence-corrected chi connectivity index (χ0v) is 15.1. The summed E-state index contributed by atoms with van der Waals surface area (Å²) >= 11 is 0. The summed E-state index contributed by atoms with van der Waals surface area (Å²) in [5, 5.41) is 1.80. The number of rotatable bonds is 6. The van der Waals surface area contributed by atoms with Gasteiger partial charge in [0, 0.05) is 17.5 Å². The van der Waals surface area contributed by atoms with Gasteiger partial charge in [-0.25, -0.2) is 9.59 Å². The van der Waals surface area contributed by atoms with Crippen LogP contribution in [-0.4, -0.2) is 11.9 Å². The Morgan fingerprint density at radius 1 is 0.714 bits per heavy atom. The van der Waals surface area contributed by atoms with E-state index in [1.54, 1.807) is 18.2 Å². The third-order valence-electron chi connectivity index (χ3n) is 4.01. The zero-order chi connectivity index (χ0) is 19.9. The second kappa shape index (κ2) is 8.64. The van der Waals surface area contributed by atoms with Crippen LogP contribution < -0.4 is 9.47 Å². The molecule has 3 aromatic carbocycles. The Morgan fingerprint density at radius 3 is 2.07 bits per heavy atom. The van der Waals surface area contributed by atoms with Crippen LogP contribution in [0.25, 0.3) is 22.9 Å². The standard InChI is InChI=1S/C24H18O4/c1-3-23(25)27-19-15-12-17(13-16-19)11-14-18-7-5-9-21-20(18)8-6-10-22(21)28-24(26)4-2/h3-16H,1-2H2. The molecule has 0 unspecified atom stereocenters. The number of carbonyl (C=O) groups excluding carboxylic acids is 2. The molecule has 3 aromatic rings. The van der Waals surface area contributed by atoms with Gasteiger partial charge in [0.1, 0.15) is 11.5 Å². The number of ether oxygens (including phenoxy) is 2. The quantitative estimate of drug-likeness (QED) is 0.259. The molecule has 0 aliphatic carbocycles. The first-order chi connectivity index (χ1) is 13.6. The Morgan fingerprint density at radius 2 is 1.36 bits per heavy atom. The number of hydrogen-bond acceptors (Lipinski definition) is 4. The lowest BCUT2D eigenvalue weighted by Crippen LogP contribution is -2.03. The molecule has 0 saturated carbocycles. The summed E-state index contributed by atoms with van der Waals surface area (Å²) in [6.07, 6.45) is 6.19. The minimum atomic E-state index is -0.495. The fourth-order valence-corrected chi connectivity index (χ4v) is 2.68. The van der Waals surface area contributed by atoms with E-state index in [2.05, 4.69) is 13.2 Å². The fourth-order valence-electron chi connectivity index (χ4n) is 2.68. The van der Waals surface area contributed by atoms with Crippen LogP contribution >= 0.6 is 0 Å². The van der Waals surface area contributed by atoms with E-state index in [0.29, 0.717) is 11.5 Å². The maximum atomic E-state index is 11.5. The number of benzene rings is 3. The van der Waals surface area contributed by atoms with E-state index in [9.17, 15) is 9.59 Å². The van der Waals surface area contributed by atoms with Gasteiger partial charge in [-0.2, -0.15) is 0 Å². The zero-order valence-electron chi connectivity index (χ0n) is 15.1. The molecule has 0 fully saturated rings. The lowest BCUT2D eigenvalue weighted by atomic mass is 10.0. The Labute approximate surface area is 163 Å². The summed E-state index contributed by atoms with van der Waals surface area (Å²) in [6, 6.07) is 18.5. The van der Waals surface area contributed by atoms with Crippen molar-refractivity contribution >= 4 is 34.9 Å². The molecule has 138 valence electrons.